The van der Waals surface area contributed by atoms with E-state index in [9.17, 15) is 14.4 Å². The van der Waals surface area contributed by atoms with Crippen LogP contribution in [0.3, 0.4) is 0 Å². The Hall–Kier alpha value is -2.86. The van der Waals surface area contributed by atoms with Gasteiger partial charge in [-0.15, -0.1) is 0 Å². The van der Waals surface area contributed by atoms with Crippen molar-refractivity contribution >= 4 is 35.1 Å². The Morgan fingerprint density at radius 1 is 0.964 bits per heavy atom. The van der Waals surface area contributed by atoms with Crippen LogP contribution in [0, 0.1) is 0 Å². The Morgan fingerprint density at radius 2 is 1.57 bits per heavy atom. The highest BCUT2D eigenvalue weighted by atomic mass is 35.5. The summed E-state index contributed by atoms with van der Waals surface area (Å²) in [5, 5.41) is 5.64. The zero-order valence-corrected chi connectivity index (χ0v) is 16.7. The minimum absolute atomic E-state index is 0.345. The summed E-state index contributed by atoms with van der Waals surface area (Å²) >= 11 is 5.77. The van der Waals surface area contributed by atoms with E-state index in [0.717, 1.165) is 5.56 Å². The molecule has 1 atom stereocenters. The maximum Gasteiger partial charge on any atom is 0.326 e. The van der Waals surface area contributed by atoms with Gasteiger partial charge in [0, 0.05) is 16.3 Å². The molecule has 2 rings (SSSR count). The Morgan fingerprint density at radius 3 is 2.14 bits per heavy atom. The zero-order valence-electron chi connectivity index (χ0n) is 16.0. The molecule has 0 spiro atoms. The highest BCUT2D eigenvalue weighted by Gasteiger charge is 2.18. The number of ether oxygens (including phenoxy) is 1. The van der Waals surface area contributed by atoms with Gasteiger partial charge >= 0.3 is 5.97 Å². The van der Waals surface area contributed by atoms with E-state index in [4.69, 9.17) is 16.3 Å². The molecular weight excluding hydrogens is 380 g/mol. The number of halogens is 1. The second kappa shape index (κ2) is 9.90. The molecule has 2 N–H and O–H groups in total. The molecule has 0 heterocycles. The molecule has 7 heteroatoms. The fourth-order valence-corrected chi connectivity index (χ4v) is 2.47. The highest BCUT2D eigenvalue weighted by Crippen LogP contribution is 2.17. The van der Waals surface area contributed by atoms with Crippen molar-refractivity contribution in [2.75, 3.05) is 11.9 Å². The van der Waals surface area contributed by atoms with Crippen molar-refractivity contribution in [3.8, 4) is 0 Å². The van der Waals surface area contributed by atoms with E-state index >= 15 is 0 Å². The third-order valence-corrected chi connectivity index (χ3v) is 4.27. The summed E-state index contributed by atoms with van der Waals surface area (Å²) in [5.41, 5.74) is 2.15. The first-order valence-electron chi connectivity index (χ1n) is 8.90. The first-order chi connectivity index (χ1) is 13.3. The van der Waals surface area contributed by atoms with Crippen LogP contribution >= 0.6 is 11.6 Å². The van der Waals surface area contributed by atoms with Crippen LogP contribution in [0.1, 0.15) is 42.6 Å². The van der Waals surface area contributed by atoms with Gasteiger partial charge in [0.25, 0.3) is 11.8 Å². The first-order valence-corrected chi connectivity index (χ1v) is 9.28. The number of rotatable bonds is 7. The van der Waals surface area contributed by atoms with E-state index in [2.05, 4.69) is 24.5 Å². The van der Waals surface area contributed by atoms with Gasteiger partial charge in [0.1, 0.15) is 6.54 Å². The molecule has 0 aliphatic rings. The van der Waals surface area contributed by atoms with Crippen LogP contribution in [0.4, 0.5) is 5.69 Å². The van der Waals surface area contributed by atoms with Crippen LogP contribution in [0.5, 0.6) is 0 Å². The van der Waals surface area contributed by atoms with Crippen molar-refractivity contribution in [1.82, 2.24) is 5.32 Å². The van der Waals surface area contributed by atoms with Crippen LogP contribution in [0.2, 0.25) is 5.02 Å². The molecule has 2 aromatic rings. The van der Waals surface area contributed by atoms with Gasteiger partial charge < -0.3 is 15.4 Å². The van der Waals surface area contributed by atoms with Gasteiger partial charge in [0.2, 0.25) is 0 Å². The number of hydrogen-bond acceptors (Lipinski definition) is 4. The lowest BCUT2D eigenvalue weighted by atomic mass is 10.0. The van der Waals surface area contributed by atoms with Gasteiger partial charge in [0.15, 0.2) is 6.10 Å². The summed E-state index contributed by atoms with van der Waals surface area (Å²) in [7, 11) is 0. The van der Waals surface area contributed by atoms with E-state index < -0.39 is 23.9 Å². The minimum Gasteiger partial charge on any atom is -0.451 e. The predicted molar refractivity (Wildman–Crippen MR) is 108 cm³/mol. The van der Waals surface area contributed by atoms with Crippen molar-refractivity contribution in [2.24, 2.45) is 0 Å². The van der Waals surface area contributed by atoms with Crippen LogP contribution in [0.15, 0.2) is 48.5 Å². The monoisotopic (exact) mass is 402 g/mol. The normalized spacial score (nSPS) is 11.6. The van der Waals surface area contributed by atoms with Gasteiger partial charge in [0.05, 0.1) is 0 Å². The molecule has 0 saturated carbocycles. The topological polar surface area (TPSA) is 84.5 Å². The molecule has 0 bridgehead atoms. The number of hydrogen-bond donors (Lipinski definition) is 2. The van der Waals surface area contributed by atoms with Gasteiger partial charge in [-0.3, -0.25) is 14.4 Å². The summed E-state index contributed by atoms with van der Waals surface area (Å²) in [6, 6.07) is 13.7. The van der Waals surface area contributed by atoms with Crippen LogP contribution in [0.25, 0.3) is 0 Å². The third kappa shape index (κ3) is 6.39. The summed E-state index contributed by atoms with van der Waals surface area (Å²) in [6.45, 7) is 5.29. The highest BCUT2D eigenvalue weighted by molar-refractivity contribution is 6.30. The lowest BCUT2D eigenvalue weighted by molar-refractivity contribution is -0.152. The summed E-state index contributed by atoms with van der Waals surface area (Å²) in [4.78, 5) is 36.0. The predicted octanol–water partition coefficient (Wildman–Crippen LogP) is 3.76. The Balaban J connectivity index is 1.79. The zero-order chi connectivity index (χ0) is 20.7. The summed E-state index contributed by atoms with van der Waals surface area (Å²) in [5.74, 6) is -1.20. The average molecular weight is 403 g/mol. The Labute approximate surface area is 169 Å². The van der Waals surface area contributed by atoms with Gasteiger partial charge in [-0.1, -0.05) is 37.6 Å². The van der Waals surface area contributed by atoms with Gasteiger partial charge in [-0.2, -0.15) is 0 Å². The molecule has 0 fully saturated rings. The van der Waals surface area contributed by atoms with Crippen LogP contribution in [-0.2, 0) is 14.3 Å². The molecule has 0 saturated heterocycles. The lowest BCUT2D eigenvalue weighted by Gasteiger charge is -2.14. The second-order valence-corrected chi connectivity index (χ2v) is 7.02. The smallest absolute Gasteiger partial charge is 0.326 e. The maximum atomic E-state index is 12.2. The maximum absolute atomic E-state index is 12.2. The lowest BCUT2D eigenvalue weighted by Crippen LogP contribution is -2.35. The van der Waals surface area contributed by atoms with E-state index in [1.807, 2.05) is 12.1 Å². The molecule has 148 valence electrons. The molecule has 0 aliphatic carbocycles. The van der Waals surface area contributed by atoms with Crippen molar-refractivity contribution in [2.45, 2.75) is 32.8 Å². The van der Waals surface area contributed by atoms with Gasteiger partial charge in [-0.25, -0.2) is 0 Å². The number of carbonyl (C=O) groups is 3. The van der Waals surface area contributed by atoms with Crippen molar-refractivity contribution in [3.05, 3.63) is 64.7 Å². The number of anilines is 1. The molecular formula is C21H23ClN2O4. The largest absolute Gasteiger partial charge is 0.451 e. The molecule has 0 aromatic heterocycles. The SMILES string of the molecule is CC(C)c1ccc(NC(=O)[C@H](C)OC(=O)CNC(=O)c2ccc(Cl)cc2)cc1. The Kier molecular flexibility index (Phi) is 7.58. The molecule has 2 amide bonds. The standard InChI is InChI=1S/C21H23ClN2O4/c1-13(2)15-6-10-18(11-7-15)24-20(26)14(3)28-19(25)12-23-21(27)16-4-8-17(22)9-5-16/h4-11,13-14H,12H2,1-3H3,(H,23,27)(H,24,26)/t14-/m0/s1. The molecule has 0 aliphatic heterocycles. The van der Waals surface area contributed by atoms with Crippen LogP contribution < -0.4 is 10.6 Å². The molecule has 6 nitrogen and oxygen atoms in total. The molecule has 0 radical (unpaired) electrons. The summed E-state index contributed by atoms with van der Waals surface area (Å²) in [6.07, 6.45) is -0.996. The average Bonchev–Trinajstić information content (AvgIpc) is 2.67. The van der Waals surface area contributed by atoms with E-state index in [1.54, 1.807) is 36.4 Å². The molecule has 0 unspecified atom stereocenters. The van der Waals surface area contributed by atoms with E-state index in [-0.39, 0.29) is 6.54 Å². The third-order valence-electron chi connectivity index (χ3n) is 4.02. The summed E-state index contributed by atoms with van der Waals surface area (Å²) < 4.78 is 5.06. The number of nitrogens with one attached hydrogen (secondary N) is 2. The molecule has 28 heavy (non-hydrogen) atoms. The number of benzene rings is 2. The van der Waals surface area contributed by atoms with Gasteiger partial charge in [-0.05, 0) is 54.8 Å². The first kappa shape index (κ1) is 21.4. The van der Waals surface area contributed by atoms with Crippen molar-refractivity contribution < 1.29 is 19.1 Å². The number of esters is 1. The van der Waals surface area contributed by atoms with E-state index in [0.29, 0.717) is 22.2 Å². The number of carbonyl (C=O) groups excluding carboxylic acids is 3. The van der Waals surface area contributed by atoms with E-state index in [1.165, 1.54) is 6.92 Å². The van der Waals surface area contributed by atoms with Crippen LogP contribution in [-0.4, -0.2) is 30.4 Å². The number of amides is 2. The molecule has 2 aromatic carbocycles. The van der Waals surface area contributed by atoms with Crippen molar-refractivity contribution in [3.63, 3.8) is 0 Å². The Bertz CT molecular complexity index is 832. The fourth-order valence-electron chi connectivity index (χ4n) is 2.34. The minimum atomic E-state index is -0.996. The fraction of sp³-hybridized carbons (Fsp3) is 0.286. The van der Waals surface area contributed by atoms with Crippen molar-refractivity contribution in [1.29, 1.82) is 0 Å². The second-order valence-electron chi connectivity index (χ2n) is 6.59. The quantitative estimate of drug-likeness (QED) is 0.690.